The predicted molar refractivity (Wildman–Crippen MR) is 80.4 cm³/mol. The zero-order valence-corrected chi connectivity index (χ0v) is 13.1. The van der Waals surface area contributed by atoms with E-state index in [2.05, 4.69) is 26.8 Å². The third-order valence-electron chi connectivity index (χ3n) is 3.88. The van der Waals surface area contributed by atoms with Crippen molar-refractivity contribution >= 4 is 11.8 Å². The monoisotopic (exact) mass is 280 g/mol. The molecule has 3 nitrogen and oxygen atoms in total. The van der Waals surface area contributed by atoms with E-state index >= 15 is 0 Å². The lowest BCUT2D eigenvalue weighted by Crippen LogP contribution is -2.23. The summed E-state index contributed by atoms with van der Waals surface area (Å²) in [6, 6.07) is 0. The van der Waals surface area contributed by atoms with Gasteiger partial charge in [-0.15, -0.1) is 0 Å². The van der Waals surface area contributed by atoms with Crippen LogP contribution in [-0.2, 0) is 14.3 Å². The summed E-state index contributed by atoms with van der Waals surface area (Å²) >= 11 is 0. The Kier molecular flexibility index (Phi) is 7.56. The van der Waals surface area contributed by atoms with Crippen LogP contribution in [-0.4, -0.2) is 17.9 Å². The average Bonchev–Trinajstić information content (AvgIpc) is 2.88. The quantitative estimate of drug-likeness (QED) is 0.380. The number of carbonyl (C=O) groups excluding carboxylic acids is 2. The maximum atomic E-state index is 11.7. The van der Waals surface area contributed by atoms with Gasteiger partial charge < -0.3 is 4.74 Å². The van der Waals surface area contributed by atoms with Gasteiger partial charge in [-0.05, 0) is 64.7 Å². The molecule has 0 heterocycles. The van der Waals surface area contributed by atoms with Crippen LogP contribution in [0, 0.1) is 5.92 Å². The van der Waals surface area contributed by atoms with Gasteiger partial charge in [0.1, 0.15) is 6.10 Å². The minimum absolute atomic E-state index is 0.0125. The van der Waals surface area contributed by atoms with Gasteiger partial charge in [-0.1, -0.05) is 18.6 Å². The zero-order chi connectivity index (χ0) is 15.0. The summed E-state index contributed by atoms with van der Waals surface area (Å²) in [6.45, 7) is 6.31. The lowest BCUT2D eigenvalue weighted by molar-refractivity contribution is -0.157. The summed E-state index contributed by atoms with van der Waals surface area (Å²) in [5.74, 6) is -0.506. The SMILES string of the molecule is CC(C)=CCCC(C)CCC(=O)C(=O)OC1CCCC1. The Labute approximate surface area is 122 Å². The highest BCUT2D eigenvalue weighted by atomic mass is 16.5. The Morgan fingerprint density at radius 2 is 1.85 bits per heavy atom. The number of carbonyl (C=O) groups is 2. The number of hydrogen-bond acceptors (Lipinski definition) is 3. The molecule has 0 N–H and O–H groups in total. The molecule has 0 bridgehead atoms. The van der Waals surface area contributed by atoms with E-state index in [-0.39, 0.29) is 11.9 Å². The number of hydrogen-bond donors (Lipinski definition) is 0. The molecule has 20 heavy (non-hydrogen) atoms. The molecule has 1 aliphatic rings. The van der Waals surface area contributed by atoms with Crippen molar-refractivity contribution in [2.45, 2.75) is 78.2 Å². The number of allylic oxidation sites excluding steroid dienone is 2. The fraction of sp³-hybridized carbons (Fsp3) is 0.765. The Bertz CT molecular complexity index is 347. The standard InChI is InChI=1S/C17H28O3/c1-13(2)7-6-8-14(3)11-12-16(18)17(19)20-15-9-4-5-10-15/h7,14-15H,4-6,8-12H2,1-3H3. The summed E-state index contributed by atoms with van der Waals surface area (Å²) in [5.41, 5.74) is 1.33. The van der Waals surface area contributed by atoms with Crippen molar-refractivity contribution in [3.05, 3.63) is 11.6 Å². The number of esters is 1. The third-order valence-corrected chi connectivity index (χ3v) is 3.88. The molecule has 1 saturated carbocycles. The van der Waals surface area contributed by atoms with Crippen LogP contribution < -0.4 is 0 Å². The summed E-state index contributed by atoms with van der Waals surface area (Å²) < 4.78 is 5.22. The lowest BCUT2D eigenvalue weighted by atomic mass is 9.98. The van der Waals surface area contributed by atoms with Crippen LogP contribution in [0.15, 0.2) is 11.6 Å². The van der Waals surface area contributed by atoms with Gasteiger partial charge in [0.25, 0.3) is 0 Å². The van der Waals surface area contributed by atoms with E-state index in [1.807, 2.05) is 0 Å². The van der Waals surface area contributed by atoms with Crippen molar-refractivity contribution in [1.29, 1.82) is 0 Å². The van der Waals surface area contributed by atoms with Crippen molar-refractivity contribution in [2.75, 3.05) is 0 Å². The maximum Gasteiger partial charge on any atom is 0.374 e. The molecule has 1 rings (SSSR count). The van der Waals surface area contributed by atoms with Gasteiger partial charge in [-0.3, -0.25) is 4.79 Å². The van der Waals surface area contributed by atoms with Gasteiger partial charge in [-0.2, -0.15) is 0 Å². The molecule has 0 aliphatic heterocycles. The topological polar surface area (TPSA) is 43.4 Å². The highest BCUT2D eigenvalue weighted by molar-refractivity contribution is 6.33. The van der Waals surface area contributed by atoms with Crippen LogP contribution in [0.1, 0.15) is 72.1 Å². The summed E-state index contributed by atoms with van der Waals surface area (Å²) in [6.07, 6.45) is 9.45. The first-order chi connectivity index (χ1) is 9.49. The molecule has 0 aromatic rings. The molecule has 1 atom stereocenters. The highest BCUT2D eigenvalue weighted by Crippen LogP contribution is 2.21. The molecule has 0 aromatic carbocycles. The van der Waals surface area contributed by atoms with E-state index in [0.29, 0.717) is 12.3 Å². The van der Waals surface area contributed by atoms with Gasteiger partial charge in [0.15, 0.2) is 0 Å². The molecule has 3 heteroatoms. The Morgan fingerprint density at radius 3 is 2.45 bits per heavy atom. The second kappa shape index (κ2) is 8.93. The van der Waals surface area contributed by atoms with E-state index in [0.717, 1.165) is 44.9 Å². The molecule has 0 radical (unpaired) electrons. The second-order valence-electron chi connectivity index (χ2n) is 6.24. The van der Waals surface area contributed by atoms with Crippen molar-refractivity contribution in [1.82, 2.24) is 0 Å². The molecule has 1 unspecified atom stereocenters. The first-order valence-corrected chi connectivity index (χ1v) is 7.86. The van der Waals surface area contributed by atoms with Crippen LogP contribution in [0.3, 0.4) is 0 Å². The first kappa shape index (κ1) is 16.9. The molecule has 1 fully saturated rings. The highest BCUT2D eigenvalue weighted by Gasteiger charge is 2.23. The van der Waals surface area contributed by atoms with E-state index in [1.165, 1.54) is 5.57 Å². The van der Waals surface area contributed by atoms with Gasteiger partial charge in [-0.25, -0.2) is 4.79 Å². The molecule has 114 valence electrons. The lowest BCUT2D eigenvalue weighted by Gasteiger charge is -2.12. The van der Waals surface area contributed by atoms with Crippen LogP contribution in [0.25, 0.3) is 0 Å². The minimum Gasteiger partial charge on any atom is -0.457 e. The average molecular weight is 280 g/mol. The molecule has 1 aliphatic carbocycles. The van der Waals surface area contributed by atoms with Crippen molar-refractivity contribution in [3.8, 4) is 0 Å². The molecule has 0 aromatic heterocycles. The smallest absolute Gasteiger partial charge is 0.374 e. The number of Topliss-reactive ketones (excluding diaryl/α,β-unsaturated/α-hetero) is 1. The normalized spacial score (nSPS) is 16.8. The van der Waals surface area contributed by atoms with Gasteiger partial charge in [0.2, 0.25) is 5.78 Å². The molecule has 0 amide bonds. The van der Waals surface area contributed by atoms with E-state index in [1.54, 1.807) is 0 Å². The Morgan fingerprint density at radius 1 is 1.20 bits per heavy atom. The van der Waals surface area contributed by atoms with E-state index in [9.17, 15) is 9.59 Å². The maximum absolute atomic E-state index is 11.7. The molecular weight excluding hydrogens is 252 g/mol. The molecular formula is C17H28O3. The van der Waals surface area contributed by atoms with Gasteiger partial charge in [0, 0.05) is 6.42 Å². The Hall–Kier alpha value is -1.12. The van der Waals surface area contributed by atoms with Crippen LogP contribution in [0.4, 0.5) is 0 Å². The van der Waals surface area contributed by atoms with E-state index < -0.39 is 5.97 Å². The second-order valence-corrected chi connectivity index (χ2v) is 6.24. The van der Waals surface area contributed by atoms with Gasteiger partial charge in [0.05, 0.1) is 0 Å². The van der Waals surface area contributed by atoms with Crippen molar-refractivity contribution in [3.63, 3.8) is 0 Å². The molecule has 0 spiro atoms. The van der Waals surface area contributed by atoms with Crippen LogP contribution >= 0.6 is 0 Å². The Balaban J connectivity index is 2.17. The minimum atomic E-state index is -0.617. The molecule has 0 saturated heterocycles. The predicted octanol–water partition coefficient (Wildman–Crippen LogP) is 4.20. The van der Waals surface area contributed by atoms with Crippen molar-refractivity contribution in [2.24, 2.45) is 5.92 Å². The number of rotatable bonds is 8. The summed E-state index contributed by atoms with van der Waals surface area (Å²) in [7, 11) is 0. The van der Waals surface area contributed by atoms with Crippen LogP contribution in [0.2, 0.25) is 0 Å². The zero-order valence-electron chi connectivity index (χ0n) is 13.1. The van der Waals surface area contributed by atoms with Crippen LogP contribution in [0.5, 0.6) is 0 Å². The number of ketones is 1. The summed E-state index contributed by atoms with van der Waals surface area (Å²) in [4.78, 5) is 23.4. The van der Waals surface area contributed by atoms with E-state index in [4.69, 9.17) is 4.74 Å². The largest absolute Gasteiger partial charge is 0.457 e. The fourth-order valence-corrected chi connectivity index (χ4v) is 2.50. The number of ether oxygens (including phenoxy) is 1. The fourth-order valence-electron chi connectivity index (χ4n) is 2.50. The van der Waals surface area contributed by atoms with Gasteiger partial charge >= 0.3 is 5.97 Å². The third kappa shape index (κ3) is 6.88. The first-order valence-electron chi connectivity index (χ1n) is 7.86. The van der Waals surface area contributed by atoms with Crippen molar-refractivity contribution < 1.29 is 14.3 Å². The summed E-state index contributed by atoms with van der Waals surface area (Å²) in [5, 5.41) is 0.